The highest BCUT2D eigenvalue weighted by Crippen LogP contribution is 2.19. The lowest BCUT2D eigenvalue weighted by molar-refractivity contribution is -0.123. The van der Waals surface area contributed by atoms with Crippen molar-refractivity contribution in [2.45, 2.75) is 18.9 Å². The number of benzene rings is 1. The average molecular weight is 244 g/mol. The zero-order chi connectivity index (χ0) is 13.1. The Labute approximate surface area is 97.5 Å². The molecule has 0 radical (unpaired) electrons. The lowest BCUT2D eigenvalue weighted by atomic mass is 9.99. The minimum absolute atomic E-state index is 0.0314. The van der Waals surface area contributed by atoms with E-state index in [1.807, 2.05) is 0 Å². The Morgan fingerprint density at radius 3 is 2.71 bits per heavy atom. The number of amides is 1. The molecule has 0 aliphatic rings. The summed E-state index contributed by atoms with van der Waals surface area (Å²) in [6, 6.07) is 3.60. The van der Waals surface area contributed by atoms with Gasteiger partial charge in [0.2, 0.25) is 11.7 Å². The SMILES string of the molecule is CC(N)(CCOc1cccc(F)c1F)C(N)=O. The Morgan fingerprint density at radius 1 is 1.47 bits per heavy atom. The van der Waals surface area contributed by atoms with Crippen molar-refractivity contribution in [1.82, 2.24) is 0 Å². The van der Waals surface area contributed by atoms with Gasteiger partial charge in [0.1, 0.15) is 0 Å². The molecule has 17 heavy (non-hydrogen) atoms. The Hall–Kier alpha value is -1.69. The van der Waals surface area contributed by atoms with Gasteiger partial charge in [-0.3, -0.25) is 4.79 Å². The lowest BCUT2D eigenvalue weighted by Crippen LogP contribution is -2.50. The summed E-state index contributed by atoms with van der Waals surface area (Å²) in [5, 5.41) is 0. The van der Waals surface area contributed by atoms with Gasteiger partial charge < -0.3 is 16.2 Å². The van der Waals surface area contributed by atoms with E-state index in [4.69, 9.17) is 16.2 Å². The molecule has 0 aliphatic carbocycles. The number of rotatable bonds is 5. The quantitative estimate of drug-likeness (QED) is 0.809. The van der Waals surface area contributed by atoms with E-state index in [2.05, 4.69) is 0 Å². The Bertz CT molecular complexity index is 422. The molecule has 0 aromatic heterocycles. The lowest BCUT2D eigenvalue weighted by Gasteiger charge is -2.20. The van der Waals surface area contributed by atoms with E-state index >= 15 is 0 Å². The Balaban J connectivity index is 2.58. The van der Waals surface area contributed by atoms with E-state index in [1.165, 1.54) is 19.1 Å². The number of ether oxygens (including phenoxy) is 1. The molecule has 94 valence electrons. The molecule has 0 bridgehead atoms. The molecule has 1 aromatic rings. The number of carbonyl (C=O) groups excluding carboxylic acids is 1. The number of nitrogens with two attached hydrogens (primary N) is 2. The minimum Gasteiger partial charge on any atom is -0.490 e. The van der Waals surface area contributed by atoms with Crippen molar-refractivity contribution >= 4 is 5.91 Å². The third-order valence-corrected chi connectivity index (χ3v) is 2.36. The fraction of sp³-hybridized carbons (Fsp3) is 0.364. The van der Waals surface area contributed by atoms with Crippen LogP contribution in [0.2, 0.25) is 0 Å². The van der Waals surface area contributed by atoms with Crippen LogP contribution in [0.5, 0.6) is 5.75 Å². The van der Waals surface area contributed by atoms with Crippen molar-refractivity contribution in [1.29, 1.82) is 0 Å². The fourth-order valence-electron chi connectivity index (χ4n) is 1.09. The van der Waals surface area contributed by atoms with Gasteiger partial charge in [0.25, 0.3) is 0 Å². The number of primary amides is 1. The van der Waals surface area contributed by atoms with Crippen molar-refractivity contribution in [2.75, 3.05) is 6.61 Å². The second kappa shape index (κ2) is 5.09. The first kappa shape index (κ1) is 13.4. The summed E-state index contributed by atoms with van der Waals surface area (Å²) in [6.07, 6.45) is 0.109. The van der Waals surface area contributed by atoms with E-state index in [-0.39, 0.29) is 18.8 Å². The van der Waals surface area contributed by atoms with Crippen molar-refractivity contribution in [3.63, 3.8) is 0 Å². The van der Waals surface area contributed by atoms with Gasteiger partial charge in [-0.05, 0) is 19.1 Å². The normalized spacial score (nSPS) is 14.1. The van der Waals surface area contributed by atoms with Gasteiger partial charge in [-0.1, -0.05) is 6.07 Å². The first-order valence-corrected chi connectivity index (χ1v) is 5.00. The molecule has 6 heteroatoms. The highest BCUT2D eigenvalue weighted by molar-refractivity contribution is 5.83. The van der Waals surface area contributed by atoms with E-state index in [0.29, 0.717) is 0 Å². The molecular formula is C11H14F2N2O2. The summed E-state index contributed by atoms with van der Waals surface area (Å²) < 4.78 is 31.0. The van der Waals surface area contributed by atoms with Crippen LogP contribution in [0.4, 0.5) is 8.78 Å². The van der Waals surface area contributed by atoms with E-state index < -0.39 is 23.1 Å². The molecule has 4 nitrogen and oxygen atoms in total. The standard InChI is InChI=1S/C11H14F2N2O2/c1-11(15,10(14)16)5-6-17-8-4-2-3-7(12)9(8)13/h2-4H,5-6,15H2,1H3,(H2,14,16). The van der Waals surface area contributed by atoms with Gasteiger partial charge in [0, 0.05) is 6.42 Å². The van der Waals surface area contributed by atoms with Crippen LogP contribution in [0.25, 0.3) is 0 Å². The first-order valence-electron chi connectivity index (χ1n) is 5.00. The molecule has 4 N–H and O–H groups in total. The predicted molar refractivity (Wildman–Crippen MR) is 58.3 cm³/mol. The minimum atomic E-state index is -1.23. The van der Waals surface area contributed by atoms with Gasteiger partial charge in [0.05, 0.1) is 12.1 Å². The molecule has 1 unspecified atom stereocenters. The summed E-state index contributed by atoms with van der Waals surface area (Å²) >= 11 is 0. The third-order valence-electron chi connectivity index (χ3n) is 2.36. The molecule has 0 heterocycles. The smallest absolute Gasteiger partial charge is 0.237 e. The van der Waals surface area contributed by atoms with Crippen molar-refractivity contribution in [3.05, 3.63) is 29.8 Å². The molecule has 0 saturated carbocycles. The monoisotopic (exact) mass is 244 g/mol. The van der Waals surface area contributed by atoms with Crippen molar-refractivity contribution in [2.24, 2.45) is 11.5 Å². The van der Waals surface area contributed by atoms with Crippen LogP contribution < -0.4 is 16.2 Å². The molecule has 0 saturated heterocycles. The molecular weight excluding hydrogens is 230 g/mol. The maximum Gasteiger partial charge on any atom is 0.237 e. The second-order valence-electron chi connectivity index (χ2n) is 3.93. The first-order chi connectivity index (χ1) is 7.84. The zero-order valence-electron chi connectivity index (χ0n) is 9.37. The van der Waals surface area contributed by atoms with Crippen LogP contribution in [0, 0.1) is 11.6 Å². The highest BCUT2D eigenvalue weighted by atomic mass is 19.2. The summed E-state index contributed by atoms with van der Waals surface area (Å²) in [5.41, 5.74) is 9.39. The molecule has 0 fully saturated rings. The van der Waals surface area contributed by atoms with Crippen molar-refractivity contribution < 1.29 is 18.3 Å². The van der Waals surface area contributed by atoms with Crippen LogP contribution in [-0.4, -0.2) is 18.1 Å². The number of hydrogen-bond donors (Lipinski definition) is 2. The second-order valence-corrected chi connectivity index (χ2v) is 3.93. The van der Waals surface area contributed by atoms with Crippen LogP contribution in [0.3, 0.4) is 0 Å². The van der Waals surface area contributed by atoms with E-state index in [1.54, 1.807) is 0 Å². The molecule has 1 rings (SSSR count). The van der Waals surface area contributed by atoms with E-state index in [0.717, 1.165) is 6.07 Å². The van der Waals surface area contributed by atoms with Gasteiger partial charge >= 0.3 is 0 Å². The predicted octanol–water partition coefficient (Wildman–Crippen LogP) is 0.936. The average Bonchev–Trinajstić information content (AvgIpc) is 2.24. The summed E-state index contributed by atoms with van der Waals surface area (Å²) in [5.74, 6) is -2.95. The summed E-state index contributed by atoms with van der Waals surface area (Å²) in [7, 11) is 0. The van der Waals surface area contributed by atoms with E-state index in [9.17, 15) is 13.6 Å². The largest absolute Gasteiger partial charge is 0.490 e. The van der Waals surface area contributed by atoms with Crippen LogP contribution in [-0.2, 0) is 4.79 Å². The molecule has 1 amide bonds. The van der Waals surface area contributed by atoms with Gasteiger partial charge in [-0.25, -0.2) is 4.39 Å². The maximum atomic E-state index is 13.2. The molecule has 0 spiro atoms. The zero-order valence-corrected chi connectivity index (χ0v) is 9.37. The summed E-state index contributed by atoms with van der Waals surface area (Å²) in [6.45, 7) is 1.41. The maximum absolute atomic E-state index is 13.2. The third kappa shape index (κ3) is 3.39. The number of hydrogen-bond acceptors (Lipinski definition) is 3. The van der Waals surface area contributed by atoms with Gasteiger partial charge in [0.15, 0.2) is 11.6 Å². The van der Waals surface area contributed by atoms with Gasteiger partial charge in [-0.15, -0.1) is 0 Å². The van der Waals surface area contributed by atoms with Crippen LogP contribution in [0.1, 0.15) is 13.3 Å². The molecule has 1 aromatic carbocycles. The number of carbonyl (C=O) groups is 1. The van der Waals surface area contributed by atoms with Crippen LogP contribution in [0.15, 0.2) is 18.2 Å². The van der Waals surface area contributed by atoms with Crippen molar-refractivity contribution in [3.8, 4) is 5.75 Å². The topological polar surface area (TPSA) is 78.3 Å². The van der Waals surface area contributed by atoms with Gasteiger partial charge in [-0.2, -0.15) is 4.39 Å². The Kier molecular flexibility index (Phi) is 4.01. The fourth-order valence-corrected chi connectivity index (χ4v) is 1.09. The van der Waals surface area contributed by atoms with Crippen LogP contribution >= 0.6 is 0 Å². The highest BCUT2D eigenvalue weighted by Gasteiger charge is 2.25. The Morgan fingerprint density at radius 2 is 2.12 bits per heavy atom. The molecule has 1 atom stereocenters. The number of halogens is 2. The molecule has 0 aliphatic heterocycles. The summed E-state index contributed by atoms with van der Waals surface area (Å²) in [4.78, 5) is 10.9.